The Morgan fingerprint density at radius 3 is 2.00 bits per heavy atom. The molecule has 0 saturated carbocycles. The summed E-state index contributed by atoms with van der Waals surface area (Å²) in [5, 5.41) is 0. The Labute approximate surface area is 175 Å². The van der Waals surface area contributed by atoms with Crippen LogP contribution in [-0.2, 0) is 19.1 Å². The quantitative estimate of drug-likeness (QED) is 0.538. The topological polar surface area (TPSA) is 55.8 Å². The van der Waals surface area contributed by atoms with Crippen LogP contribution in [0.25, 0.3) is 0 Å². The Morgan fingerprint density at radius 2 is 1.52 bits per heavy atom. The van der Waals surface area contributed by atoms with Gasteiger partial charge in [0.25, 0.3) is 0 Å². The number of rotatable bonds is 5. The molecule has 0 bridgehead atoms. The molecule has 0 N–H and O–H groups in total. The number of methoxy groups -OCH3 is 2. The summed E-state index contributed by atoms with van der Waals surface area (Å²) in [6.07, 6.45) is 5.44. The largest absolute Gasteiger partial charge is 0.466 e. The molecule has 0 saturated heterocycles. The first-order valence-electron chi connectivity index (χ1n) is 9.07. The number of nitrogens with zero attached hydrogens (tertiary/aromatic N) is 1. The summed E-state index contributed by atoms with van der Waals surface area (Å²) >= 11 is 1.63. The maximum absolute atomic E-state index is 12.7. The van der Waals surface area contributed by atoms with Gasteiger partial charge < -0.3 is 14.4 Å². The van der Waals surface area contributed by atoms with Crippen molar-refractivity contribution >= 4 is 29.4 Å². The Balaban J connectivity index is 2.16. The number of carbonyl (C=O) groups is 2. The van der Waals surface area contributed by atoms with Crippen molar-refractivity contribution in [3.63, 3.8) is 0 Å². The second-order valence-electron chi connectivity index (χ2n) is 6.60. The second-order valence-corrected chi connectivity index (χ2v) is 7.48. The van der Waals surface area contributed by atoms with Crippen molar-refractivity contribution in [1.29, 1.82) is 0 Å². The molecule has 0 amide bonds. The van der Waals surface area contributed by atoms with Crippen molar-refractivity contribution in [2.45, 2.75) is 17.7 Å². The SMILES string of the molecule is COC(=O)C1=CN(c2cccc(C)c2)C=C(C(=O)OC)C1c1ccc(SC)cc1. The average molecular weight is 410 g/mol. The summed E-state index contributed by atoms with van der Waals surface area (Å²) in [7, 11) is 2.67. The maximum Gasteiger partial charge on any atom is 0.336 e. The molecule has 6 heteroatoms. The van der Waals surface area contributed by atoms with Crippen LogP contribution >= 0.6 is 11.8 Å². The molecule has 0 unspecified atom stereocenters. The Morgan fingerprint density at radius 1 is 0.931 bits per heavy atom. The molecule has 0 atom stereocenters. The molecule has 3 rings (SSSR count). The van der Waals surface area contributed by atoms with Crippen molar-refractivity contribution in [1.82, 2.24) is 0 Å². The summed E-state index contributed by atoms with van der Waals surface area (Å²) in [6, 6.07) is 15.6. The van der Waals surface area contributed by atoms with Gasteiger partial charge in [-0.2, -0.15) is 0 Å². The Kier molecular flexibility index (Phi) is 6.44. The molecule has 0 aliphatic carbocycles. The van der Waals surface area contributed by atoms with E-state index in [2.05, 4.69) is 0 Å². The van der Waals surface area contributed by atoms with Gasteiger partial charge in [-0.1, -0.05) is 24.3 Å². The normalized spacial score (nSPS) is 14.1. The lowest BCUT2D eigenvalue weighted by molar-refractivity contribution is -0.137. The van der Waals surface area contributed by atoms with Crippen molar-refractivity contribution < 1.29 is 19.1 Å². The molecule has 0 aromatic heterocycles. The number of carbonyl (C=O) groups excluding carboxylic acids is 2. The van der Waals surface area contributed by atoms with E-state index < -0.39 is 17.9 Å². The summed E-state index contributed by atoms with van der Waals surface area (Å²) in [5.74, 6) is -1.56. The zero-order chi connectivity index (χ0) is 21.0. The lowest BCUT2D eigenvalue weighted by Gasteiger charge is -2.30. The molecule has 150 valence electrons. The van der Waals surface area contributed by atoms with E-state index >= 15 is 0 Å². The third-order valence-corrected chi connectivity index (χ3v) is 5.51. The molecule has 5 nitrogen and oxygen atoms in total. The molecule has 29 heavy (non-hydrogen) atoms. The van der Waals surface area contributed by atoms with Crippen LogP contribution in [0.15, 0.2) is 77.0 Å². The van der Waals surface area contributed by atoms with E-state index in [1.165, 1.54) is 14.2 Å². The van der Waals surface area contributed by atoms with Crippen LogP contribution in [0.5, 0.6) is 0 Å². The zero-order valence-corrected chi connectivity index (χ0v) is 17.7. The summed E-state index contributed by atoms with van der Waals surface area (Å²) in [6.45, 7) is 1.99. The molecular formula is C23H23NO4S. The predicted molar refractivity (Wildman–Crippen MR) is 115 cm³/mol. The van der Waals surface area contributed by atoms with Gasteiger partial charge in [0.15, 0.2) is 0 Å². The minimum atomic E-state index is -0.577. The highest BCUT2D eigenvalue weighted by Crippen LogP contribution is 2.39. The fourth-order valence-corrected chi connectivity index (χ4v) is 3.73. The molecule has 1 aliphatic rings. The molecule has 0 spiro atoms. The Bertz CT molecular complexity index is 945. The number of benzene rings is 2. The number of ether oxygens (including phenoxy) is 2. The number of esters is 2. The van der Waals surface area contributed by atoms with Gasteiger partial charge in [0.05, 0.1) is 31.3 Å². The lowest BCUT2D eigenvalue weighted by Crippen LogP contribution is -2.28. The van der Waals surface area contributed by atoms with Gasteiger partial charge in [0.2, 0.25) is 0 Å². The third-order valence-electron chi connectivity index (χ3n) is 4.77. The minimum Gasteiger partial charge on any atom is -0.466 e. The van der Waals surface area contributed by atoms with Gasteiger partial charge in [-0.05, 0) is 48.6 Å². The monoisotopic (exact) mass is 409 g/mol. The van der Waals surface area contributed by atoms with Crippen LogP contribution in [0.1, 0.15) is 17.0 Å². The van der Waals surface area contributed by atoms with Crippen molar-refractivity contribution in [3.8, 4) is 0 Å². The predicted octanol–water partition coefficient (Wildman–Crippen LogP) is 4.43. The molecule has 1 aliphatic heterocycles. The highest BCUT2D eigenvalue weighted by atomic mass is 32.2. The van der Waals surface area contributed by atoms with Gasteiger partial charge in [-0.25, -0.2) is 9.59 Å². The molecular weight excluding hydrogens is 386 g/mol. The van der Waals surface area contributed by atoms with Gasteiger partial charge in [-0.3, -0.25) is 0 Å². The minimum absolute atomic E-state index is 0.369. The first-order valence-corrected chi connectivity index (χ1v) is 10.3. The van der Waals surface area contributed by atoms with E-state index in [9.17, 15) is 9.59 Å². The van der Waals surface area contributed by atoms with Gasteiger partial charge in [-0.15, -0.1) is 11.8 Å². The van der Waals surface area contributed by atoms with Crippen LogP contribution in [-0.4, -0.2) is 32.4 Å². The molecule has 0 fully saturated rings. The smallest absolute Gasteiger partial charge is 0.336 e. The first kappa shape index (κ1) is 20.7. The summed E-state index contributed by atoms with van der Waals surface area (Å²) in [5.41, 5.74) is 3.46. The summed E-state index contributed by atoms with van der Waals surface area (Å²) < 4.78 is 10.1. The van der Waals surface area contributed by atoms with Crippen LogP contribution in [0.2, 0.25) is 0 Å². The van der Waals surface area contributed by atoms with E-state index in [1.807, 2.05) is 61.7 Å². The van der Waals surface area contributed by atoms with E-state index in [1.54, 1.807) is 29.1 Å². The van der Waals surface area contributed by atoms with Crippen LogP contribution in [0.3, 0.4) is 0 Å². The number of hydrogen-bond acceptors (Lipinski definition) is 6. The average Bonchev–Trinajstić information content (AvgIpc) is 2.77. The number of thioether (sulfide) groups is 1. The molecule has 2 aromatic carbocycles. The van der Waals surface area contributed by atoms with Crippen molar-refractivity contribution in [3.05, 3.63) is 83.2 Å². The third kappa shape index (κ3) is 4.38. The lowest BCUT2D eigenvalue weighted by atomic mass is 9.83. The second kappa shape index (κ2) is 9.01. The number of aryl methyl sites for hydroxylation is 1. The van der Waals surface area contributed by atoms with Crippen molar-refractivity contribution in [2.75, 3.05) is 25.4 Å². The molecule has 2 aromatic rings. The first-order chi connectivity index (χ1) is 14.0. The van der Waals surface area contributed by atoms with Crippen molar-refractivity contribution in [2.24, 2.45) is 0 Å². The Hall–Kier alpha value is -2.99. The van der Waals surface area contributed by atoms with Crippen LogP contribution in [0.4, 0.5) is 5.69 Å². The van der Waals surface area contributed by atoms with Crippen LogP contribution < -0.4 is 4.90 Å². The van der Waals surface area contributed by atoms with E-state index in [0.717, 1.165) is 21.7 Å². The standard InChI is InChI=1S/C23H23NO4S/c1-15-6-5-7-17(12-15)24-13-19(22(25)27-2)21(20(14-24)23(26)28-3)16-8-10-18(29-4)11-9-16/h5-14,21H,1-4H3. The van der Waals surface area contributed by atoms with Gasteiger partial charge >= 0.3 is 11.9 Å². The van der Waals surface area contributed by atoms with Gasteiger partial charge in [0, 0.05) is 23.0 Å². The highest BCUT2D eigenvalue weighted by molar-refractivity contribution is 7.98. The van der Waals surface area contributed by atoms with E-state index in [4.69, 9.17) is 9.47 Å². The van der Waals surface area contributed by atoms with Gasteiger partial charge in [0.1, 0.15) is 0 Å². The fourth-order valence-electron chi connectivity index (χ4n) is 3.32. The summed E-state index contributed by atoms with van der Waals surface area (Å²) in [4.78, 5) is 28.2. The molecule has 0 radical (unpaired) electrons. The highest BCUT2D eigenvalue weighted by Gasteiger charge is 2.35. The molecule has 1 heterocycles. The van der Waals surface area contributed by atoms with E-state index in [0.29, 0.717) is 11.1 Å². The maximum atomic E-state index is 12.7. The van der Waals surface area contributed by atoms with Crippen LogP contribution in [0, 0.1) is 6.92 Å². The van der Waals surface area contributed by atoms with E-state index in [-0.39, 0.29) is 0 Å². The zero-order valence-electron chi connectivity index (χ0n) is 16.8. The number of anilines is 1. The fraction of sp³-hybridized carbons (Fsp3) is 0.217. The number of hydrogen-bond donors (Lipinski definition) is 0.